The molecule has 0 saturated heterocycles. The molecule has 0 unspecified atom stereocenters. The molecule has 1 aromatic heterocycles. The number of nitrogens with zero attached hydrogens (tertiary/aromatic N) is 1. The maximum atomic E-state index is 5.19. The zero-order valence-electron chi connectivity index (χ0n) is 6.79. The van der Waals surface area contributed by atoms with Crippen molar-refractivity contribution in [2.24, 2.45) is 5.92 Å². The number of thiazole rings is 1. The zero-order valence-corrected chi connectivity index (χ0v) is 7.61. The molecular weight excluding hydrogens is 154 g/mol. The molecule has 0 spiro atoms. The predicted octanol–water partition coefficient (Wildman–Crippen LogP) is 2.32. The average molecular weight is 165 g/mol. The minimum Gasteiger partial charge on any atom is -0.233 e. The third-order valence-electron chi connectivity index (χ3n) is 1.29. The van der Waals surface area contributed by atoms with Gasteiger partial charge in [-0.3, -0.25) is 0 Å². The largest absolute Gasteiger partial charge is 0.233 e. The lowest BCUT2D eigenvalue weighted by atomic mass is 10.1. The van der Waals surface area contributed by atoms with E-state index in [0.717, 1.165) is 17.1 Å². The summed E-state index contributed by atoms with van der Waals surface area (Å²) in [7, 11) is 0. The third-order valence-corrected chi connectivity index (χ3v) is 2.11. The van der Waals surface area contributed by atoms with Crippen LogP contribution in [0.1, 0.15) is 24.5 Å². The number of rotatable bonds is 2. The Morgan fingerprint density at radius 3 is 2.91 bits per heavy atom. The van der Waals surface area contributed by atoms with Crippen molar-refractivity contribution in [3.05, 3.63) is 16.1 Å². The molecule has 1 rings (SSSR count). The Balaban J connectivity index is 2.67. The van der Waals surface area contributed by atoms with Crippen molar-refractivity contribution in [1.29, 1.82) is 0 Å². The molecule has 0 aliphatic carbocycles. The van der Waals surface area contributed by atoms with Crippen molar-refractivity contribution in [3.63, 3.8) is 0 Å². The second-order valence-corrected chi connectivity index (χ2v) is 3.74. The van der Waals surface area contributed by atoms with Gasteiger partial charge in [0, 0.05) is 5.38 Å². The summed E-state index contributed by atoms with van der Waals surface area (Å²) in [6, 6.07) is 0. The summed E-state index contributed by atoms with van der Waals surface area (Å²) in [5.74, 6) is 3.18. The molecular formula is C9H11NS. The Morgan fingerprint density at radius 2 is 2.45 bits per heavy atom. The van der Waals surface area contributed by atoms with Crippen LogP contribution in [0.25, 0.3) is 0 Å². The van der Waals surface area contributed by atoms with Crippen molar-refractivity contribution in [2.45, 2.75) is 20.3 Å². The van der Waals surface area contributed by atoms with Crippen LogP contribution in [-0.4, -0.2) is 4.98 Å². The van der Waals surface area contributed by atoms with E-state index in [2.05, 4.69) is 24.8 Å². The lowest BCUT2D eigenvalue weighted by molar-refractivity contribution is 0.637. The van der Waals surface area contributed by atoms with Gasteiger partial charge in [0.1, 0.15) is 0 Å². The Hall–Kier alpha value is -0.810. The molecule has 1 heterocycles. The Bertz CT molecular complexity index is 267. The van der Waals surface area contributed by atoms with E-state index in [1.54, 1.807) is 11.3 Å². The van der Waals surface area contributed by atoms with Crippen molar-refractivity contribution in [3.8, 4) is 12.3 Å². The van der Waals surface area contributed by atoms with Crippen LogP contribution in [0.4, 0.5) is 0 Å². The highest BCUT2D eigenvalue weighted by atomic mass is 32.1. The predicted molar refractivity (Wildman–Crippen MR) is 48.6 cm³/mol. The summed E-state index contributed by atoms with van der Waals surface area (Å²) in [5, 5.41) is 2.83. The van der Waals surface area contributed by atoms with Gasteiger partial charge in [-0.15, -0.1) is 17.8 Å². The maximum Gasteiger partial charge on any atom is 0.166 e. The highest BCUT2D eigenvalue weighted by molar-refractivity contribution is 7.10. The monoisotopic (exact) mass is 165 g/mol. The van der Waals surface area contributed by atoms with E-state index in [-0.39, 0.29) is 0 Å². The van der Waals surface area contributed by atoms with E-state index in [1.807, 2.05) is 5.38 Å². The number of aromatic nitrogens is 1. The number of hydrogen-bond acceptors (Lipinski definition) is 2. The first-order valence-corrected chi connectivity index (χ1v) is 4.51. The molecule has 0 atom stereocenters. The van der Waals surface area contributed by atoms with E-state index < -0.39 is 0 Å². The molecule has 0 radical (unpaired) electrons. The van der Waals surface area contributed by atoms with Gasteiger partial charge in [-0.05, 0) is 18.3 Å². The molecule has 0 aromatic carbocycles. The standard InChI is InChI=1S/C9H11NS/c1-4-9-10-8(6-11-9)5-7(2)3/h1,6-7H,5H2,2-3H3. The quantitative estimate of drug-likeness (QED) is 0.613. The molecule has 0 amide bonds. The summed E-state index contributed by atoms with van der Waals surface area (Å²) in [5.41, 5.74) is 1.12. The van der Waals surface area contributed by atoms with Crippen molar-refractivity contribution in [1.82, 2.24) is 4.98 Å². The fourth-order valence-corrected chi connectivity index (χ4v) is 1.52. The van der Waals surface area contributed by atoms with Crippen LogP contribution in [0.3, 0.4) is 0 Å². The van der Waals surface area contributed by atoms with E-state index >= 15 is 0 Å². The van der Waals surface area contributed by atoms with Crippen LogP contribution in [-0.2, 0) is 6.42 Å². The van der Waals surface area contributed by atoms with Gasteiger partial charge in [0.25, 0.3) is 0 Å². The fourth-order valence-electron chi connectivity index (χ4n) is 0.885. The molecule has 0 aliphatic heterocycles. The van der Waals surface area contributed by atoms with Gasteiger partial charge in [-0.2, -0.15) is 0 Å². The SMILES string of the molecule is C#Cc1nc(CC(C)C)cs1. The van der Waals surface area contributed by atoms with Gasteiger partial charge >= 0.3 is 0 Å². The lowest BCUT2D eigenvalue weighted by Gasteiger charge is -1.97. The highest BCUT2D eigenvalue weighted by Gasteiger charge is 2.01. The minimum atomic E-state index is 0.655. The first kappa shape index (κ1) is 8.29. The second kappa shape index (κ2) is 3.54. The Morgan fingerprint density at radius 1 is 1.73 bits per heavy atom. The van der Waals surface area contributed by atoms with Gasteiger partial charge in [0.2, 0.25) is 0 Å². The topological polar surface area (TPSA) is 12.9 Å². The van der Waals surface area contributed by atoms with Crippen molar-refractivity contribution >= 4 is 11.3 Å². The van der Waals surface area contributed by atoms with Crippen LogP contribution in [0.2, 0.25) is 0 Å². The smallest absolute Gasteiger partial charge is 0.166 e. The molecule has 0 bridgehead atoms. The molecule has 0 aliphatic rings. The number of hydrogen-bond donors (Lipinski definition) is 0. The van der Waals surface area contributed by atoms with E-state index in [9.17, 15) is 0 Å². The maximum absolute atomic E-state index is 5.19. The molecule has 1 aromatic rings. The summed E-state index contributed by atoms with van der Waals surface area (Å²) >= 11 is 1.54. The van der Waals surface area contributed by atoms with E-state index in [4.69, 9.17) is 6.42 Å². The summed E-state index contributed by atoms with van der Waals surface area (Å²) in [6.07, 6.45) is 6.22. The molecule has 2 heteroatoms. The Labute approximate surface area is 71.5 Å². The van der Waals surface area contributed by atoms with Crippen LogP contribution in [0.15, 0.2) is 5.38 Å². The van der Waals surface area contributed by atoms with E-state index in [1.165, 1.54) is 0 Å². The first-order chi connectivity index (χ1) is 5.22. The van der Waals surface area contributed by atoms with Gasteiger partial charge in [0.15, 0.2) is 5.01 Å². The zero-order chi connectivity index (χ0) is 8.27. The van der Waals surface area contributed by atoms with Gasteiger partial charge in [0.05, 0.1) is 5.69 Å². The number of terminal acetylenes is 1. The second-order valence-electron chi connectivity index (χ2n) is 2.89. The normalized spacial score (nSPS) is 10.0. The molecule has 0 fully saturated rings. The minimum absolute atomic E-state index is 0.655. The molecule has 0 saturated carbocycles. The van der Waals surface area contributed by atoms with Crippen molar-refractivity contribution in [2.75, 3.05) is 0 Å². The van der Waals surface area contributed by atoms with Crippen LogP contribution >= 0.6 is 11.3 Å². The van der Waals surface area contributed by atoms with Crippen molar-refractivity contribution < 1.29 is 0 Å². The first-order valence-electron chi connectivity index (χ1n) is 3.63. The van der Waals surface area contributed by atoms with Gasteiger partial charge < -0.3 is 0 Å². The molecule has 1 nitrogen and oxygen atoms in total. The average Bonchev–Trinajstić information content (AvgIpc) is 2.34. The highest BCUT2D eigenvalue weighted by Crippen LogP contribution is 2.11. The van der Waals surface area contributed by atoms with Crippen LogP contribution < -0.4 is 0 Å². The fraction of sp³-hybridized carbons (Fsp3) is 0.444. The van der Waals surface area contributed by atoms with Gasteiger partial charge in [-0.25, -0.2) is 4.98 Å². The summed E-state index contributed by atoms with van der Waals surface area (Å²) in [4.78, 5) is 4.25. The van der Waals surface area contributed by atoms with Crippen LogP contribution in [0, 0.1) is 18.3 Å². The lowest BCUT2D eigenvalue weighted by Crippen LogP contribution is -1.93. The summed E-state index contributed by atoms with van der Waals surface area (Å²) in [6.45, 7) is 4.35. The Kier molecular flexibility index (Phi) is 2.67. The molecule has 58 valence electrons. The van der Waals surface area contributed by atoms with Crippen LogP contribution in [0.5, 0.6) is 0 Å². The van der Waals surface area contributed by atoms with E-state index in [0.29, 0.717) is 5.92 Å². The molecule has 0 N–H and O–H groups in total. The summed E-state index contributed by atoms with van der Waals surface area (Å²) < 4.78 is 0. The third kappa shape index (κ3) is 2.36. The van der Waals surface area contributed by atoms with Gasteiger partial charge in [-0.1, -0.05) is 13.8 Å². The molecule has 11 heavy (non-hydrogen) atoms.